The Bertz CT molecular complexity index is 591. The van der Waals surface area contributed by atoms with Gasteiger partial charge in [-0.15, -0.1) is 0 Å². The van der Waals surface area contributed by atoms with Crippen molar-refractivity contribution in [3.63, 3.8) is 0 Å². The largest absolute Gasteiger partial charge is 0.335 e. The fraction of sp³-hybridized carbons (Fsp3) is 0.308. The highest BCUT2D eigenvalue weighted by Gasteiger charge is 2.41. The van der Waals surface area contributed by atoms with Crippen molar-refractivity contribution < 1.29 is 18.8 Å². The van der Waals surface area contributed by atoms with E-state index in [1.807, 2.05) is 6.92 Å². The van der Waals surface area contributed by atoms with Crippen LogP contribution in [-0.4, -0.2) is 17.8 Å². The SMILES string of the molecule is CCCC1C(=O)NC(=O)N(c2cc(Br)ccc2F)C1=O. The van der Waals surface area contributed by atoms with Gasteiger partial charge in [-0.25, -0.2) is 14.1 Å². The standard InChI is InChI=1S/C13H12BrFN2O3/c1-2-3-8-11(18)16-13(20)17(12(8)19)10-6-7(14)4-5-9(10)15/h4-6,8H,2-3H2,1H3,(H,16,18,20). The lowest BCUT2D eigenvalue weighted by molar-refractivity contribution is -0.134. The van der Waals surface area contributed by atoms with Gasteiger partial charge in [-0.3, -0.25) is 14.9 Å². The summed E-state index contributed by atoms with van der Waals surface area (Å²) in [6.07, 6.45) is 0.914. The van der Waals surface area contributed by atoms with Gasteiger partial charge in [-0.05, 0) is 24.6 Å². The molecule has 2 rings (SSSR count). The number of anilines is 1. The van der Waals surface area contributed by atoms with Crippen molar-refractivity contribution in [1.82, 2.24) is 5.32 Å². The number of hydrogen-bond acceptors (Lipinski definition) is 3. The maximum Gasteiger partial charge on any atom is 0.335 e. The van der Waals surface area contributed by atoms with Crippen LogP contribution in [-0.2, 0) is 9.59 Å². The van der Waals surface area contributed by atoms with E-state index in [4.69, 9.17) is 0 Å². The summed E-state index contributed by atoms with van der Waals surface area (Å²) in [5.74, 6) is -3.00. The number of carbonyl (C=O) groups excluding carboxylic acids is 3. The highest BCUT2D eigenvalue weighted by Crippen LogP contribution is 2.28. The minimum absolute atomic E-state index is 0.171. The molecule has 1 fully saturated rings. The van der Waals surface area contributed by atoms with E-state index < -0.39 is 29.6 Å². The van der Waals surface area contributed by atoms with Gasteiger partial charge in [0.25, 0.3) is 0 Å². The van der Waals surface area contributed by atoms with E-state index in [1.54, 1.807) is 0 Å². The van der Waals surface area contributed by atoms with E-state index in [0.717, 1.165) is 6.07 Å². The van der Waals surface area contributed by atoms with Crippen molar-refractivity contribution in [2.75, 3.05) is 4.90 Å². The lowest BCUT2D eigenvalue weighted by Gasteiger charge is -2.30. The zero-order chi connectivity index (χ0) is 14.9. The number of nitrogens with one attached hydrogen (secondary N) is 1. The van der Waals surface area contributed by atoms with Gasteiger partial charge in [-0.1, -0.05) is 29.3 Å². The predicted molar refractivity (Wildman–Crippen MR) is 73.5 cm³/mol. The van der Waals surface area contributed by atoms with Crippen molar-refractivity contribution in [3.8, 4) is 0 Å². The number of imide groups is 2. The van der Waals surface area contributed by atoms with Crippen molar-refractivity contribution in [2.24, 2.45) is 5.92 Å². The van der Waals surface area contributed by atoms with E-state index in [-0.39, 0.29) is 5.69 Å². The average Bonchev–Trinajstić information content (AvgIpc) is 2.38. The summed E-state index contributed by atoms with van der Waals surface area (Å²) in [7, 11) is 0. The van der Waals surface area contributed by atoms with E-state index in [2.05, 4.69) is 21.2 Å². The molecular weight excluding hydrogens is 331 g/mol. The van der Waals surface area contributed by atoms with Crippen LogP contribution in [0.25, 0.3) is 0 Å². The first-order chi connectivity index (χ1) is 9.45. The Morgan fingerprint density at radius 3 is 2.70 bits per heavy atom. The third-order valence-electron chi connectivity index (χ3n) is 2.99. The van der Waals surface area contributed by atoms with Crippen molar-refractivity contribution in [3.05, 3.63) is 28.5 Å². The Balaban J connectivity index is 2.43. The number of halogens is 2. The number of carbonyl (C=O) groups is 3. The molecule has 1 aromatic rings. The maximum absolute atomic E-state index is 13.8. The molecule has 1 aliphatic rings. The third kappa shape index (κ3) is 2.58. The van der Waals surface area contributed by atoms with Gasteiger partial charge < -0.3 is 0 Å². The molecule has 0 bridgehead atoms. The molecule has 106 valence electrons. The second-order valence-electron chi connectivity index (χ2n) is 4.41. The fourth-order valence-corrected chi connectivity index (χ4v) is 2.39. The Morgan fingerprint density at radius 1 is 1.35 bits per heavy atom. The normalized spacial score (nSPS) is 19.2. The van der Waals surface area contributed by atoms with Gasteiger partial charge in [-0.2, -0.15) is 0 Å². The molecule has 0 saturated carbocycles. The van der Waals surface area contributed by atoms with E-state index in [1.165, 1.54) is 12.1 Å². The van der Waals surface area contributed by atoms with Gasteiger partial charge in [0.05, 0.1) is 5.69 Å². The highest BCUT2D eigenvalue weighted by molar-refractivity contribution is 9.10. The van der Waals surface area contributed by atoms with E-state index in [9.17, 15) is 18.8 Å². The van der Waals surface area contributed by atoms with Gasteiger partial charge in [0.15, 0.2) is 0 Å². The maximum atomic E-state index is 13.8. The number of rotatable bonds is 3. The molecule has 4 amide bonds. The molecule has 7 heteroatoms. The molecular formula is C13H12BrFN2O3. The van der Waals surface area contributed by atoms with Crippen LogP contribution in [0.15, 0.2) is 22.7 Å². The summed E-state index contributed by atoms with van der Waals surface area (Å²) in [5, 5.41) is 2.09. The minimum Gasteiger partial charge on any atom is -0.277 e. The highest BCUT2D eigenvalue weighted by atomic mass is 79.9. The van der Waals surface area contributed by atoms with Gasteiger partial charge >= 0.3 is 6.03 Å². The third-order valence-corrected chi connectivity index (χ3v) is 3.49. The van der Waals surface area contributed by atoms with Gasteiger partial charge in [0.2, 0.25) is 11.8 Å². The molecule has 0 radical (unpaired) electrons. The fourth-order valence-electron chi connectivity index (χ4n) is 2.05. The number of amides is 4. The van der Waals surface area contributed by atoms with Gasteiger partial charge in [0, 0.05) is 4.47 Å². The van der Waals surface area contributed by atoms with Crippen molar-refractivity contribution in [1.29, 1.82) is 0 Å². The summed E-state index contributed by atoms with van der Waals surface area (Å²) >= 11 is 3.16. The van der Waals surface area contributed by atoms with Crippen LogP contribution in [0.3, 0.4) is 0 Å². The quantitative estimate of drug-likeness (QED) is 0.858. The van der Waals surface area contributed by atoms with Crippen molar-refractivity contribution in [2.45, 2.75) is 19.8 Å². The summed E-state index contributed by atoms with van der Waals surface area (Å²) < 4.78 is 14.4. The average molecular weight is 343 g/mol. The summed E-state index contributed by atoms with van der Waals surface area (Å²) in [4.78, 5) is 36.4. The smallest absolute Gasteiger partial charge is 0.277 e. The molecule has 0 aromatic heterocycles. The molecule has 1 saturated heterocycles. The van der Waals surface area contributed by atoms with E-state index >= 15 is 0 Å². The second kappa shape index (κ2) is 5.70. The summed E-state index contributed by atoms with van der Waals surface area (Å²) in [5.41, 5.74) is -0.171. The molecule has 5 nitrogen and oxygen atoms in total. The molecule has 1 N–H and O–H groups in total. The van der Waals surface area contributed by atoms with Crippen LogP contribution in [0.1, 0.15) is 19.8 Å². The predicted octanol–water partition coefficient (Wildman–Crippen LogP) is 2.59. The number of urea groups is 1. The number of benzene rings is 1. The van der Waals surface area contributed by atoms with Gasteiger partial charge in [0.1, 0.15) is 11.7 Å². The zero-order valence-corrected chi connectivity index (χ0v) is 12.2. The lowest BCUT2D eigenvalue weighted by Crippen LogP contribution is -2.58. The topological polar surface area (TPSA) is 66.5 Å². The molecule has 1 aromatic carbocycles. The lowest BCUT2D eigenvalue weighted by atomic mass is 9.99. The Kier molecular flexibility index (Phi) is 4.17. The number of barbiturate groups is 1. The van der Waals surface area contributed by atoms with Crippen LogP contribution >= 0.6 is 15.9 Å². The Labute approximate surface area is 123 Å². The van der Waals surface area contributed by atoms with Crippen LogP contribution in [0.2, 0.25) is 0 Å². The first-order valence-electron chi connectivity index (χ1n) is 6.09. The molecule has 1 heterocycles. The Morgan fingerprint density at radius 2 is 2.05 bits per heavy atom. The number of hydrogen-bond donors (Lipinski definition) is 1. The van der Waals surface area contributed by atoms with Crippen LogP contribution in [0, 0.1) is 11.7 Å². The molecule has 0 aliphatic carbocycles. The second-order valence-corrected chi connectivity index (χ2v) is 5.32. The van der Waals surface area contributed by atoms with Crippen LogP contribution in [0.4, 0.5) is 14.9 Å². The first-order valence-corrected chi connectivity index (χ1v) is 6.88. The minimum atomic E-state index is -0.962. The molecule has 1 unspecified atom stereocenters. The summed E-state index contributed by atoms with van der Waals surface area (Å²) in [6.45, 7) is 1.82. The van der Waals surface area contributed by atoms with Crippen LogP contribution in [0.5, 0.6) is 0 Å². The molecule has 1 aliphatic heterocycles. The van der Waals surface area contributed by atoms with E-state index in [0.29, 0.717) is 22.2 Å². The Hall–Kier alpha value is -1.76. The monoisotopic (exact) mass is 342 g/mol. The van der Waals surface area contributed by atoms with Crippen molar-refractivity contribution >= 4 is 39.5 Å². The van der Waals surface area contributed by atoms with Crippen LogP contribution < -0.4 is 10.2 Å². The number of nitrogens with zero attached hydrogens (tertiary/aromatic N) is 1. The first kappa shape index (κ1) is 14.6. The molecule has 0 spiro atoms. The zero-order valence-electron chi connectivity index (χ0n) is 10.7. The summed E-state index contributed by atoms with van der Waals surface area (Å²) in [6, 6.07) is 3.00. The molecule has 20 heavy (non-hydrogen) atoms. The molecule has 1 atom stereocenters.